The minimum absolute atomic E-state index is 0.267. The minimum atomic E-state index is -4.73. The van der Waals surface area contributed by atoms with E-state index in [4.69, 9.17) is 0 Å². The minimum Gasteiger partial charge on any atom is -0.406 e. The molecule has 1 aliphatic rings. The van der Waals surface area contributed by atoms with E-state index in [0.717, 1.165) is 35.6 Å². The molecule has 4 rings (SSSR count). The summed E-state index contributed by atoms with van der Waals surface area (Å²) >= 11 is 0. The quantitative estimate of drug-likeness (QED) is 0.321. The molecule has 1 aliphatic carbocycles. The van der Waals surface area contributed by atoms with E-state index in [0.29, 0.717) is 16.5 Å². The zero-order valence-corrected chi connectivity index (χ0v) is 18.9. The van der Waals surface area contributed by atoms with Crippen molar-refractivity contribution in [1.82, 2.24) is 0 Å². The van der Waals surface area contributed by atoms with Crippen LogP contribution in [0.4, 0.5) is 17.6 Å². The van der Waals surface area contributed by atoms with E-state index >= 15 is 0 Å². The van der Waals surface area contributed by atoms with E-state index in [1.54, 1.807) is 30.3 Å². The first kappa shape index (κ1) is 23.6. The van der Waals surface area contributed by atoms with Crippen LogP contribution in [0.2, 0.25) is 0 Å². The monoisotopic (exact) mass is 458 g/mol. The van der Waals surface area contributed by atoms with Gasteiger partial charge in [-0.25, -0.2) is 4.39 Å². The molecule has 3 aromatic rings. The maximum Gasteiger partial charge on any atom is 0.573 e. The maximum absolute atomic E-state index is 14.9. The van der Waals surface area contributed by atoms with Gasteiger partial charge >= 0.3 is 6.36 Å². The average molecular weight is 459 g/mol. The molecule has 0 unspecified atom stereocenters. The third-order valence-corrected chi connectivity index (χ3v) is 6.89. The standard InChI is InChI=1S/C28H30F4O/c1-2-3-19-4-6-20(7-5-19)8-9-21-10-15-26(27(29)16-21)24-12-11-23-18-25(33-28(30,31)32)14-13-22(23)17-24/h10-20H,2-9H2,1H3/t19-,20-. The Morgan fingerprint density at radius 2 is 1.48 bits per heavy atom. The van der Waals surface area contributed by atoms with E-state index in [2.05, 4.69) is 11.7 Å². The van der Waals surface area contributed by atoms with Crippen molar-refractivity contribution < 1.29 is 22.3 Å². The lowest BCUT2D eigenvalue weighted by molar-refractivity contribution is -0.274. The lowest BCUT2D eigenvalue weighted by atomic mass is 9.78. The van der Waals surface area contributed by atoms with Crippen LogP contribution in [-0.2, 0) is 6.42 Å². The molecule has 0 aliphatic heterocycles. The summed E-state index contributed by atoms with van der Waals surface area (Å²) in [5.74, 6) is 1.11. The van der Waals surface area contributed by atoms with Crippen LogP contribution in [0, 0.1) is 17.7 Å². The Labute approximate surface area is 192 Å². The Kier molecular flexibility index (Phi) is 7.26. The third-order valence-electron chi connectivity index (χ3n) is 6.89. The van der Waals surface area contributed by atoms with Crippen molar-refractivity contribution in [2.45, 2.75) is 64.7 Å². The Balaban J connectivity index is 1.41. The van der Waals surface area contributed by atoms with E-state index in [-0.39, 0.29) is 11.6 Å². The first-order valence-electron chi connectivity index (χ1n) is 11.9. The van der Waals surface area contributed by atoms with Gasteiger partial charge in [-0.1, -0.05) is 75.8 Å². The summed E-state index contributed by atoms with van der Waals surface area (Å²) in [6, 6.07) is 14.8. The van der Waals surface area contributed by atoms with Crippen LogP contribution in [0.1, 0.15) is 57.4 Å². The van der Waals surface area contributed by atoms with E-state index in [1.165, 1.54) is 50.7 Å². The average Bonchev–Trinajstić information content (AvgIpc) is 2.77. The van der Waals surface area contributed by atoms with Crippen LogP contribution >= 0.6 is 0 Å². The molecule has 0 saturated heterocycles. The second-order valence-corrected chi connectivity index (χ2v) is 9.30. The summed E-state index contributed by atoms with van der Waals surface area (Å²) in [6.45, 7) is 2.26. The van der Waals surface area contributed by atoms with E-state index in [9.17, 15) is 17.6 Å². The Hall–Kier alpha value is -2.56. The summed E-state index contributed by atoms with van der Waals surface area (Å²) in [5, 5.41) is 1.33. The van der Waals surface area contributed by atoms with Crippen molar-refractivity contribution in [2.24, 2.45) is 11.8 Å². The van der Waals surface area contributed by atoms with Crippen LogP contribution in [-0.4, -0.2) is 6.36 Å². The molecule has 3 aromatic carbocycles. The van der Waals surface area contributed by atoms with Gasteiger partial charge in [-0.05, 0) is 70.8 Å². The lowest BCUT2D eigenvalue weighted by Crippen LogP contribution is -2.16. The summed E-state index contributed by atoms with van der Waals surface area (Å²) in [6.07, 6.45) is 5.12. The highest BCUT2D eigenvalue weighted by Gasteiger charge is 2.31. The van der Waals surface area contributed by atoms with Crippen LogP contribution in [0.15, 0.2) is 54.6 Å². The largest absolute Gasteiger partial charge is 0.573 e. The smallest absolute Gasteiger partial charge is 0.406 e. The van der Waals surface area contributed by atoms with E-state index < -0.39 is 6.36 Å². The van der Waals surface area contributed by atoms with Crippen molar-refractivity contribution in [2.75, 3.05) is 0 Å². The fourth-order valence-corrected chi connectivity index (χ4v) is 5.12. The number of rotatable bonds is 7. The Morgan fingerprint density at radius 3 is 2.15 bits per heavy atom. The molecule has 1 fully saturated rings. The van der Waals surface area contributed by atoms with Gasteiger partial charge in [-0.2, -0.15) is 0 Å². The lowest BCUT2D eigenvalue weighted by Gasteiger charge is -2.28. The SMILES string of the molecule is CCC[C@H]1CC[C@H](CCc2ccc(-c3ccc4cc(OC(F)(F)F)ccc4c3)c(F)c2)CC1. The van der Waals surface area contributed by atoms with Gasteiger partial charge in [-0.15, -0.1) is 13.2 Å². The molecular formula is C28H30F4O. The molecule has 0 amide bonds. The number of hydrogen-bond acceptors (Lipinski definition) is 1. The highest BCUT2D eigenvalue weighted by molar-refractivity contribution is 5.88. The highest BCUT2D eigenvalue weighted by atomic mass is 19.4. The molecule has 1 saturated carbocycles. The van der Waals surface area contributed by atoms with Gasteiger partial charge in [0.25, 0.3) is 0 Å². The van der Waals surface area contributed by atoms with Crippen LogP contribution in [0.25, 0.3) is 21.9 Å². The number of hydrogen-bond donors (Lipinski definition) is 0. The normalized spacial score (nSPS) is 19.1. The van der Waals surface area contributed by atoms with Gasteiger partial charge in [0.1, 0.15) is 11.6 Å². The first-order chi connectivity index (χ1) is 15.8. The van der Waals surface area contributed by atoms with Crippen molar-refractivity contribution in [1.29, 1.82) is 0 Å². The zero-order valence-electron chi connectivity index (χ0n) is 18.9. The van der Waals surface area contributed by atoms with Gasteiger partial charge in [0.05, 0.1) is 0 Å². The molecule has 1 nitrogen and oxygen atoms in total. The van der Waals surface area contributed by atoms with Gasteiger partial charge < -0.3 is 4.74 Å². The molecule has 176 valence electrons. The number of aryl methyl sites for hydroxylation is 1. The predicted molar refractivity (Wildman–Crippen MR) is 125 cm³/mol. The Bertz CT molecular complexity index is 1080. The molecular weight excluding hydrogens is 428 g/mol. The number of alkyl halides is 3. The van der Waals surface area contributed by atoms with Gasteiger partial charge in [0.2, 0.25) is 0 Å². The molecule has 5 heteroatoms. The molecule has 0 aromatic heterocycles. The van der Waals surface area contributed by atoms with Gasteiger partial charge in [0.15, 0.2) is 0 Å². The Morgan fingerprint density at radius 1 is 0.818 bits per heavy atom. The summed E-state index contributed by atoms with van der Waals surface area (Å²) in [5.41, 5.74) is 2.21. The molecule has 0 atom stereocenters. The fraction of sp³-hybridized carbons (Fsp3) is 0.429. The van der Waals surface area contributed by atoms with Crippen molar-refractivity contribution in [3.05, 3.63) is 66.0 Å². The van der Waals surface area contributed by atoms with Crippen LogP contribution in [0.5, 0.6) is 5.75 Å². The van der Waals surface area contributed by atoms with Crippen molar-refractivity contribution in [3.63, 3.8) is 0 Å². The van der Waals surface area contributed by atoms with Crippen LogP contribution in [0.3, 0.4) is 0 Å². The number of benzene rings is 3. The topological polar surface area (TPSA) is 9.23 Å². The van der Waals surface area contributed by atoms with E-state index in [1.807, 2.05) is 12.1 Å². The molecule has 0 bridgehead atoms. The molecule has 0 heterocycles. The summed E-state index contributed by atoms with van der Waals surface area (Å²) in [7, 11) is 0. The maximum atomic E-state index is 14.9. The number of fused-ring (bicyclic) bond motifs is 1. The second kappa shape index (κ2) is 10.1. The summed E-state index contributed by atoms with van der Waals surface area (Å²) < 4.78 is 56.3. The fourth-order valence-electron chi connectivity index (χ4n) is 5.12. The van der Waals surface area contributed by atoms with Gasteiger partial charge in [-0.3, -0.25) is 0 Å². The van der Waals surface area contributed by atoms with Crippen LogP contribution < -0.4 is 4.74 Å². The molecule has 0 N–H and O–H groups in total. The molecule has 0 radical (unpaired) electrons. The zero-order chi connectivity index (χ0) is 23.4. The van der Waals surface area contributed by atoms with Crippen molar-refractivity contribution in [3.8, 4) is 16.9 Å². The molecule has 33 heavy (non-hydrogen) atoms. The second-order valence-electron chi connectivity index (χ2n) is 9.30. The van der Waals surface area contributed by atoms with Crippen molar-refractivity contribution >= 4 is 10.8 Å². The number of halogens is 4. The highest BCUT2D eigenvalue weighted by Crippen LogP contribution is 2.35. The molecule has 0 spiro atoms. The third kappa shape index (κ3) is 6.27. The first-order valence-corrected chi connectivity index (χ1v) is 11.9. The predicted octanol–water partition coefficient (Wildman–Crippen LogP) is 9.08. The van der Waals surface area contributed by atoms with Gasteiger partial charge in [0, 0.05) is 5.56 Å². The number of ether oxygens (including phenoxy) is 1. The summed E-state index contributed by atoms with van der Waals surface area (Å²) in [4.78, 5) is 0.